The fourth-order valence-electron chi connectivity index (χ4n) is 3.97. The Morgan fingerprint density at radius 2 is 1.77 bits per heavy atom. The Hall–Kier alpha value is -3.29. The van der Waals surface area contributed by atoms with Gasteiger partial charge in [-0.2, -0.15) is 13.2 Å². The molecule has 35 heavy (non-hydrogen) atoms. The van der Waals surface area contributed by atoms with Gasteiger partial charge in [0, 0.05) is 17.7 Å². The zero-order chi connectivity index (χ0) is 25.4. The average molecular weight is 495 g/mol. The minimum atomic E-state index is -4.63. The molecule has 13 heteroatoms. The van der Waals surface area contributed by atoms with Gasteiger partial charge in [0.1, 0.15) is 24.1 Å². The molecule has 0 saturated carbocycles. The monoisotopic (exact) mass is 495 g/mol. The molecule has 3 heterocycles. The van der Waals surface area contributed by atoms with Gasteiger partial charge in [-0.1, -0.05) is 0 Å². The van der Waals surface area contributed by atoms with Crippen molar-refractivity contribution in [2.24, 2.45) is 5.73 Å². The molecule has 2 fully saturated rings. The lowest BCUT2D eigenvalue weighted by atomic mass is 9.98. The zero-order valence-electron chi connectivity index (χ0n) is 18.8. The van der Waals surface area contributed by atoms with E-state index in [-0.39, 0.29) is 30.4 Å². The van der Waals surface area contributed by atoms with E-state index in [1.807, 2.05) is 0 Å². The summed E-state index contributed by atoms with van der Waals surface area (Å²) in [5, 5.41) is 5.66. The number of carbonyl (C=O) groups is 2. The van der Waals surface area contributed by atoms with Gasteiger partial charge in [-0.05, 0) is 38.1 Å². The normalized spacial score (nSPS) is 25.5. The smallest absolute Gasteiger partial charge is 0.371 e. The molecule has 4 atom stereocenters. The van der Waals surface area contributed by atoms with Crippen molar-refractivity contribution in [2.75, 3.05) is 18.5 Å². The molecule has 0 aliphatic carbocycles. The number of fused-ring (bicyclic) bond motifs is 1. The van der Waals surface area contributed by atoms with Gasteiger partial charge in [0.05, 0.1) is 25.0 Å². The number of alkyl halides is 3. The Morgan fingerprint density at radius 3 is 2.43 bits per heavy atom. The Morgan fingerprint density at radius 1 is 1.11 bits per heavy atom. The molecule has 0 bridgehead atoms. The molecule has 0 radical (unpaired) electrons. The lowest BCUT2D eigenvalue weighted by Crippen LogP contribution is -2.57. The second-order valence-electron chi connectivity index (χ2n) is 8.63. The molecule has 2 saturated heterocycles. The third-order valence-electron chi connectivity index (χ3n) is 5.57. The maximum Gasteiger partial charge on any atom is 0.434 e. The summed E-state index contributed by atoms with van der Waals surface area (Å²) in [6, 6.07) is 5.29. The van der Waals surface area contributed by atoms with Crippen LogP contribution in [0.1, 0.15) is 40.3 Å². The number of carbonyl (C=O) groups excluding carboxylic acids is 2. The van der Waals surface area contributed by atoms with Gasteiger partial charge < -0.3 is 30.6 Å². The lowest BCUT2D eigenvalue weighted by molar-refractivity contribution is -0.153. The van der Waals surface area contributed by atoms with E-state index >= 15 is 0 Å². The van der Waals surface area contributed by atoms with Crippen molar-refractivity contribution >= 4 is 17.6 Å². The fourth-order valence-corrected chi connectivity index (χ4v) is 3.97. The topological polar surface area (TPSA) is 138 Å². The molecule has 4 N–H and O–H groups in total. The van der Waals surface area contributed by atoms with Crippen molar-refractivity contribution in [3.63, 3.8) is 0 Å². The molecular formula is C22H24F3N5O5. The first-order valence-corrected chi connectivity index (χ1v) is 10.7. The van der Waals surface area contributed by atoms with Gasteiger partial charge in [-0.15, -0.1) is 0 Å². The van der Waals surface area contributed by atoms with Crippen LogP contribution in [0.15, 0.2) is 36.7 Å². The number of hydrogen-bond acceptors (Lipinski definition) is 8. The van der Waals surface area contributed by atoms with Crippen molar-refractivity contribution in [1.82, 2.24) is 15.3 Å². The lowest BCUT2D eigenvalue weighted by Gasteiger charge is -2.37. The van der Waals surface area contributed by atoms with Crippen molar-refractivity contribution in [2.45, 2.75) is 50.2 Å². The van der Waals surface area contributed by atoms with Crippen LogP contribution in [0, 0.1) is 0 Å². The SMILES string of the molecule is CC1(C)O[C@@H]2[C@H](O1)[C@@H](Nc1cncc(C(F)(F)F)n1)CO[C@@H]2CNC(=O)c1ccc(C(N)=O)cc1. The number of nitrogens with one attached hydrogen (secondary N) is 2. The van der Waals surface area contributed by atoms with E-state index < -0.39 is 47.9 Å². The van der Waals surface area contributed by atoms with Gasteiger partial charge in [0.25, 0.3) is 5.91 Å². The molecule has 10 nitrogen and oxygen atoms in total. The Balaban J connectivity index is 1.42. The highest BCUT2D eigenvalue weighted by Crippen LogP contribution is 2.36. The summed E-state index contributed by atoms with van der Waals surface area (Å²) in [7, 11) is 0. The first kappa shape index (κ1) is 24.8. The molecule has 188 valence electrons. The van der Waals surface area contributed by atoms with Crippen LogP contribution in [0.5, 0.6) is 0 Å². The number of rotatable bonds is 6. The van der Waals surface area contributed by atoms with Gasteiger partial charge >= 0.3 is 6.18 Å². The van der Waals surface area contributed by atoms with E-state index in [1.165, 1.54) is 30.5 Å². The van der Waals surface area contributed by atoms with Crippen LogP contribution in [0.2, 0.25) is 0 Å². The van der Waals surface area contributed by atoms with E-state index in [4.69, 9.17) is 19.9 Å². The van der Waals surface area contributed by atoms with E-state index in [0.29, 0.717) is 11.8 Å². The number of halogens is 3. The third kappa shape index (κ3) is 5.69. The van der Waals surface area contributed by atoms with Crippen LogP contribution < -0.4 is 16.4 Å². The molecule has 2 amide bonds. The largest absolute Gasteiger partial charge is 0.434 e. The Labute approximate surface area is 198 Å². The third-order valence-corrected chi connectivity index (χ3v) is 5.57. The van der Waals surface area contributed by atoms with Gasteiger partial charge in [-0.25, -0.2) is 4.98 Å². The van der Waals surface area contributed by atoms with Crippen LogP contribution in [-0.4, -0.2) is 65.1 Å². The van der Waals surface area contributed by atoms with E-state index in [1.54, 1.807) is 13.8 Å². The summed E-state index contributed by atoms with van der Waals surface area (Å²) < 4.78 is 56.8. The molecule has 0 unspecified atom stereocenters. The van der Waals surface area contributed by atoms with Crippen LogP contribution in [0.4, 0.5) is 19.0 Å². The van der Waals surface area contributed by atoms with Gasteiger partial charge in [0.2, 0.25) is 5.91 Å². The number of primary amides is 1. The average Bonchev–Trinajstić information content (AvgIpc) is 3.13. The second kappa shape index (κ2) is 9.40. The van der Waals surface area contributed by atoms with E-state index in [0.717, 1.165) is 0 Å². The quantitative estimate of drug-likeness (QED) is 0.551. The van der Waals surface area contributed by atoms with Crippen molar-refractivity contribution < 1.29 is 37.0 Å². The summed E-state index contributed by atoms with van der Waals surface area (Å²) in [6.07, 6.45) is -4.60. The number of ether oxygens (including phenoxy) is 3. The van der Waals surface area contributed by atoms with Crippen molar-refractivity contribution in [3.05, 3.63) is 53.5 Å². The van der Waals surface area contributed by atoms with Gasteiger partial charge in [-0.3, -0.25) is 14.6 Å². The Bertz CT molecular complexity index is 1100. The molecule has 2 aliphatic heterocycles. The van der Waals surface area contributed by atoms with Crippen LogP contribution in [0.3, 0.4) is 0 Å². The minimum Gasteiger partial charge on any atom is -0.371 e. The maximum atomic E-state index is 13.0. The predicted molar refractivity (Wildman–Crippen MR) is 115 cm³/mol. The van der Waals surface area contributed by atoms with Crippen LogP contribution in [0.25, 0.3) is 0 Å². The molecular weight excluding hydrogens is 471 g/mol. The number of anilines is 1. The zero-order valence-corrected chi connectivity index (χ0v) is 18.8. The minimum absolute atomic E-state index is 0.0619. The molecule has 2 aromatic rings. The highest BCUT2D eigenvalue weighted by molar-refractivity contribution is 5.97. The van der Waals surface area contributed by atoms with Crippen LogP contribution in [-0.2, 0) is 20.4 Å². The molecule has 4 rings (SSSR count). The Kier molecular flexibility index (Phi) is 6.66. The maximum absolute atomic E-state index is 13.0. The van der Waals surface area contributed by atoms with E-state index in [2.05, 4.69) is 20.6 Å². The van der Waals surface area contributed by atoms with Crippen LogP contribution >= 0.6 is 0 Å². The summed E-state index contributed by atoms with van der Waals surface area (Å²) in [5.41, 5.74) is 4.70. The highest BCUT2D eigenvalue weighted by Gasteiger charge is 2.52. The standard InChI is InChI=1S/C22H24F3N5O5/c1-21(2)34-17-13(29-16-9-27-8-15(30-16)22(23,24)25)10-33-14(18(17)35-21)7-28-20(32)12-5-3-11(4-6-12)19(26)31/h3-6,8-9,13-14,17-18H,7,10H2,1-2H3,(H2,26,31)(H,28,32)(H,29,30)/t13-,14+,17+,18-/m0/s1. The fraction of sp³-hybridized carbons (Fsp3) is 0.455. The molecule has 1 aromatic heterocycles. The summed E-state index contributed by atoms with van der Waals surface area (Å²) in [6.45, 7) is 3.57. The molecule has 0 spiro atoms. The number of nitrogens with two attached hydrogens (primary N) is 1. The number of benzene rings is 1. The first-order valence-electron chi connectivity index (χ1n) is 10.7. The summed E-state index contributed by atoms with van der Waals surface area (Å²) >= 11 is 0. The van der Waals surface area contributed by atoms with E-state index in [9.17, 15) is 22.8 Å². The summed E-state index contributed by atoms with van der Waals surface area (Å²) in [5.74, 6) is -2.04. The molecule has 2 aliphatic rings. The molecule has 1 aromatic carbocycles. The predicted octanol–water partition coefficient (Wildman–Crippen LogP) is 1.72. The first-order chi connectivity index (χ1) is 16.4. The number of aromatic nitrogens is 2. The number of nitrogens with zero attached hydrogens (tertiary/aromatic N) is 2. The van der Waals surface area contributed by atoms with Crippen molar-refractivity contribution in [1.29, 1.82) is 0 Å². The highest BCUT2D eigenvalue weighted by atomic mass is 19.4. The van der Waals surface area contributed by atoms with Crippen molar-refractivity contribution in [3.8, 4) is 0 Å². The number of amides is 2. The second-order valence-corrected chi connectivity index (χ2v) is 8.63. The summed E-state index contributed by atoms with van der Waals surface area (Å²) in [4.78, 5) is 30.9. The van der Waals surface area contributed by atoms with Gasteiger partial charge in [0.15, 0.2) is 11.5 Å². The number of hydrogen-bond donors (Lipinski definition) is 3.